The SMILES string of the molecule is CCCCCCCCCCCCCCCCC#CC(C(=C=[N+]=[N-])CCCC)=C(c1ccc(CCCCC)cc1)c1cccc(CCCC)c1.[CH-]=CCCCCCCCCCCCCCCCCC.[CH-]=CCCCCCCCCCCCCCCCCC.[Pd+2]. The van der Waals surface area contributed by atoms with Gasteiger partial charge in [-0.15, -0.1) is 4.79 Å². The van der Waals surface area contributed by atoms with E-state index in [0.29, 0.717) is 0 Å². The van der Waals surface area contributed by atoms with Crippen LogP contribution in [0.1, 0.15) is 417 Å². The summed E-state index contributed by atoms with van der Waals surface area (Å²) in [5, 5.41) is 0. The maximum atomic E-state index is 9.72. The summed E-state index contributed by atoms with van der Waals surface area (Å²) in [6.07, 6.45) is 79.8. The molecule has 0 N–H and O–H groups in total. The topological polar surface area (TPSA) is 36.4 Å². The summed E-state index contributed by atoms with van der Waals surface area (Å²) in [6, 6.07) is 18.1. The molecule has 2 aromatic rings. The predicted molar refractivity (Wildman–Crippen MR) is 392 cm³/mol. The Bertz CT molecular complexity index is 1930. The molecular formula is C85H144N2Pd. The van der Waals surface area contributed by atoms with Crippen molar-refractivity contribution in [2.75, 3.05) is 0 Å². The van der Waals surface area contributed by atoms with Gasteiger partial charge in [-0.05, 0) is 67.2 Å². The minimum Gasteiger partial charge on any atom is -0.518 e. The van der Waals surface area contributed by atoms with Crippen molar-refractivity contribution in [3.05, 3.63) is 113 Å². The Hall–Kier alpha value is -2.96. The number of hydrogen-bond acceptors (Lipinski definition) is 0. The van der Waals surface area contributed by atoms with Crippen molar-refractivity contribution in [2.45, 2.75) is 408 Å². The first-order chi connectivity index (χ1) is 43.0. The van der Waals surface area contributed by atoms with Crippen molar-refractivity contribution in [3.63, 3.8) is 0 Å². The van der Waals surface area contributed by atoms with Crippen LogP contribution in [0.4, 0.5) is 0 Å². The van der Waals surface area contributed by atoms with Crippen LogP contribution in [0.3, 0.4) is 0 Å². The van der Waals surface area contributed by atoms with Gasteiger partial charge in [0, 0.05) is 12.0 Å². The van der Waals surface area contributed by atoms with E-state index in [9.17, 15) is 5.53 Å². The summed E-state index contributed by atoms with van der Waals surface area (Å²) in [7, 11) is 0. The molecule has 0 saturated heterocycles. The van der Waals surface area contributed by atoms with Gasteiger partial charge in [0.2, 0.25) is 0 Å². The van der Waals surface area contributed by atoms with Crippen LogP contribution in [0.5, 0.6) is 0 Å². The van der Waals surface area contributed by atoms with Gasteiger partial charge in [0.1, 0.15) is 0 Å². The van der Waals surface area contributed by atoms with E-state index in [1.807, 2.05) is 0 Å². The summed E-state index contributed by atoms with van der Waals surface area (Å²) in [4.78, 5) is 3.43. The maximum Gasteiger partial charge on any atom is 2.00 e. The standard InChI is InChI=1S/C47H70N2.2C19H37.Pd/c1-5-9-13-14-15-16-17-18-19-20-21-22-23-24-25-27-34-46(45(40-49-48)32-12-8-4)47(44-33-28-31-42(39-44)29-11-7-3)43-37-35-41(36-38-43)30-26-10-6-2;2*1-3-5-7-9-11-13-15-17-19-18-16-14-12-10-8-6-4-2;/h28,31,33,35-39H,5-26,29-30,32H2,1-4H3;2*1,3H,4-19H2,2H3;/q;2*-1;+2. The fraction of sp³-hybridized carbons (Fsp3) is 0.741. The molecule has 2 rings (SSSR count). The quantitative estimate of drug-likeness (QED) is 0.00925. The number of nitrogens with zero attached hydrogens (tertiary/aromatic N) is 2. The molecule has 0 aliphatic heterocycles. The van der Waals surface area contributed by atoms with E-state index in [1.165, 1.54) is 330 Å². The number of benzene rings is 2. The molecule has 2 aromatic carbocycles. The van der Waals surface area contributed by atoms with Gasteiger partial charge in [-0.2, -0.15) is 0 Å². The van der Waals surface area contributed by atoms with Crippen molar-refractivity contribution in [2.24, 2.45) is 0 Å². The third-order valence-corrected chi connectivity index (χ3v) is 17.7. The van der Waals surface area contributed by atoms with Crippen LogP contribution in [0.15, 0.2) is 71.8 Å². The second kappa shape index (κ2) is 73.1. The molecule has 0 spiro atoms. The van der Waals surface area contributed by atoms with Gasteiger partial charge in [-0.25, -0.2) is 0 Å². The van der Waals surface area contributed by atoms with Gasteiger partial charge in [0.05, 0.1) is 11.1 Å². The first-order valence-corrected chi connectivity index (χ1v) is 38.5. The minimum absolute atomic E-state index is 0. The molecule has 3 heteroatoms. The summed E-state index contributed by atoms with van der Waals surface area (Å²) in [6.45, 7) is 24.3. The van der Waals surface area contributed by atoms with Crippen LogP contribution in [-0.2, 0) is 33.3 Å². The van der Waals surface area contributed by atoms with Crippen molar-refractivity contribution in [1.29, 1.82) is 0 Å². The zero-order chi connectivity index (χ0) is 63.2. The fourth-order valence-electron chi connectivity index (χ4n) is 11.9. The number of unbranched alkanes of at least 4 members (excludes halogenated alkanes) is 48. The molecule has 0 amide bonds. The Morgan fingerprint density at radius 1 is 0.375 bits per heavy atom. The normalized spacial score (nSPS) is 11.0. The van der Waals surface area contributed by atoms with Gasteiger partial charge in [0.25, 0.3) is 0 Å². The molecule has 88 heavy (non-hydrogen) atoms. The second-order valence-corrected chi connectivity index (χ2v) is 26.1. The van der Waals surface area contributed by atoms with Crippen LogP contribution >= 0.6 is 0 Å². The Morgan fingerprint density at radius 3 is 1.08 bits per heavy atom. The molecule has 2 nitrogen and oxygen atoms in total. The molecule has 0 heterocycles. The molecule has 0 aromatic heterocycles. The van der Waals surface area contributed by atoms with Gasteiger partial charge < -0.3 is 18.7 Å². The molecule has 0 saturated carbocycles. The first-order valence-electron chi connectivity index (χ1n) is 38.5. The van der Waals surface area contributed by atoms with E-state index >= 15 is 0 Å². The third-order valence-electron chi connectivity index (χ3n) is 17.7. The van der Waals surface area contributed by atoms with E-state index < -0.39 is 0 Å². The molecule has 0 bridgehead atoms. The molecule has 0 aliphatic rings. The minimum atomic E-state index is 0. The first kappa shape index (κ1) is 87.1. The number of aryl methyl sites for hydroxylation is 2. The molecule has 504 valence electrons. The summed E-state index contributed by atoms with van der Waals surface area (Å²) in [5.74, 6) is 10.2. The van der Waals surface area contributed by atoms with Gasteiger partial charge in [-0.3, -0.25) is 12.2 Å². The number of hydrogen-bond donors (Lipinski definition) is 0. The zero-order valence-electron chi connectivity index (χ0n) is 59.4. The van der Waals surface area contributed by atoms with E-state index in [4.69, 9.17) is 13.2 Å². The summed E-state index contributed by atoms with van der Waals surface area (Å²) in [5.41, 5.74) is 17.8. The zero-order valence-corrected chi connectivity index (χ0v) is 61.0. The van der Waals surface area contributed by atoms with Crippen molar-refractivity contribution < 1.29 is 25.2 Å². The molecule has 0 radical (unpaired) electrons. The Labute approximate surface area is 565 Å². The van der Waals surface area contributed by atoms with Crippen molar-refractivity contribution in [1.82, 2.24) is 0 Å². The van der Waals surface area contributed by atoms with Crippen LogP contribution in [-0.4, -0.2) is 10.7 Å². The summed E-state index contributed by atoms with van der Waals surface area (Å²) >= 11 is 0. The number of allylic oxidation sites excluding steroid dienone is 4. The van der Waals surface area contributed by atoms with Gasteiger partial charge >= 0.3 is 26.3 Å². The Balaban J connectivity index is 0. The Kier molecular flexibility index (Phi) is 72.4. The molecular weight excluding hydrogens is 1160 g/mol. The average molecular weight is 1300 g/mol. The van der Waals surface area contributed by atoms with E-state index in [-0.39, 0.29) is 20.4 Å². The van der Waals surface area contributed by atoms with Gasteiger partial charge in [0.15, 0.2) is 0 Å². The predicted octanol–water partition coefficient (Wildman–Crippen LogP) is 28.9. The fourth-order valence-corrected chi connectivity index (χ4v) is 11.9. The smallest absolute Gasteiger partial charge is 0.518 e. The molecule has 0 atom stereocenters. The Morgan fingerprint density at radius 2 is 0.716 bits per heavy atom. The number of rotatable bonds is 59. The molecule has 0 fully saturated rings. The molecule has 0 unspecified atom stereocenters. The van der Waals surface area contributed by atoms with Crippen molar-refractivity contribution in [3.8, 4) is 11.8 Å². The van der Waals surface area contributed by atoms with E-state index in [1.54, 1.807) is 12.2 Å². The van der Waals surface area contributed by atoms with E-state index in [0.717, 1.165) is 74.5 Å². The summed E-state index contributed by atoms with van der Waals surface area (Å²) < 4.78 is 0. The van der Waals surface area contributed by atoms with Gasteiger partial charge in [-0.1, -0.05) is 417 Å². The molecule has 0 aliphatic carbocycles. The largest absolute Gasteiger partial charge is 2.00 e. The average Bonchev–Trinajstić information content (AvgIpc) is 1.48. The van der Waals surface area contributed by atoms with Crippen LogP contribution in [0, 0.1) is 25.0 Å². The van der Waals surface area contributed by atoms with E-state index in [2.05, 4.69) is 113 Å². The van der Waals surface area contributed by atoms with Crippen LogP contribution in [0.2, 0.25) is 0 Å². The second-order valence-electron chi connectivity index (χ2n) is 26.1. The third kappa shape index (κ3) is 57.0. The maximum absolute atomic E-state index is 9.72. The van der Waals surface area contributed by atoms with Crippen molar-refractivity contribution >= 4 is 11.4 Å². The van der Waals surface area contributed by atoms with Crippen LogP contribution in [0.25, 0.3) is 11.1 Å². The van der Waals surface area contributed by atoms with Crippen LogP contribution < -0.4 is 0 Å². The monoisotopic (exact) mass is 1300 g/mol.